The van der Waals surface area contributed by atoms with Gasteiger partial charge in [0, 0.05) is 9.92 Å². The van der Waals surface area contributed by atoms with E-state index in [0.717, 1.165) is 12.7 Å². The van der Waals surface area contributed by atoms with Crippen LogP contribution >= 0.6 is 23.4 Å². The van der Waals surface area contributed by atoms with Gasteiger partial charge in [0.2, 0.25) is 0 Å². The molecule has 0 spiro atoms. The number of benzene rings is 1. The summed E-state index contributed by atoms with van der Waals surface area (Å²) in [6, 6.07) is 4.84. The predicted molar refractivity (Wildman–Crippen MR) is 78.4 cm³/mol. The molecule has 1 rings (SSSR count). The van der Waals surface area contributed by atoms with E-state index in [9.17, 15) is 14.7 Å². The fraction of sp³-hybridized carbons (Fsp3) is 0.385. The minimum Gasteiger partial charge on any atom is -0.479 e. The number of nitrogens with one attached hydrogen (secondary N) is 1. The van der Waals surface area contributed by atoms with Crippen molar-refractivity contribution in [3.63, 3.8) is 0 Å². The van der Waals surface area contributed by atoms with Crippen LogP contribution in [0.4, 0.5) is 0 Å². The first-order chi connectivity index (χ1) is 9.27. The predicted octanol–water partition coefficient (Wildman–Crippen LogP) is 2.02. The third kappa shape index (κ3) is 4.40. The van der Waals surface area contributed by atoms with Gasteiger partial charge in [-0.3, -0.25) is 4.79 Å². The molecule has 0 aromatic heterocycles. The highest BCUT2D eigenvalue weighted by atomic mass is 35.5. The van der Waals surface area contributed by atoms with Gasteiger partial charge in [-0.25, -0.2) is 4.79 Å². The topological polar surface area (TPSA) is 86.6 Å². The van der Waals surface area contributed by atoms with Crippen molar-refractivity contribution in [3.05, 3.63) is 28.8 Å². The Morgan fingerprint density at radius 3 is 2.65 bits per heavy atom. The molecule has 0 saturated carbocycles. The molecule has 0 bridgehead atoms. The molecule has 1 aromatic carbocycles. The summed E-state index contributed by atoms with van der Waals surface area (Å²) in [5.41, 5.74) is -1.59. The number of carbonyl (C=O) groups excluding carboxylic acids is 1. The standard InChI is InChI=1S/C13H16ClNO4S/c1-3-20-10-6-8(14)4-5-9(10)11(16)15-7-13(2,19)12(17)18/h4-6,19H,3,7H2,1-2H3,(H,15,16)(H,17,18). The van der Waals surface area contributed by atoms with Gasteiger partial charge in [0.05, 0.1) is 12.1 Å². The number of aliphatic carboxylic acids is 1. The first-order valence-corrected chi connectivity index (χ1v) is 7.30. The summed E-state index contributed by atoms with van der Waals surface area (Å²) in [6.07, 6.45) is 0. The molecule has 1 atom stereocenters. The Kier molecular flexibility index (Phi) is 5.86. The monoisotopic (exact) mass is 317 g/mol. The molecule has 0 aliphatic heterocycles. The van der Waals surface area contributed by atoms with Crippen LogP contribution in [0.5, 0.6) is 0 Å². The zero-order valence-electron chi connectivity index (χ0n) is 11.1. The van der Waals surface area contributed by atoms with Gasteiger partial charge in [0.1, 0.15) is 0 Å². The second-order valence-corrected chi connectivity index (χ2v) is 6.08. The van der Waals surface area contributed by atoms with E-state index in [0.29, 0.717) is 15.5 Å². The number of carbonyl (C=O) groups is 2. The minimum atomic E-state index is -2.00. The Balaban J connectivity index is 2.85. The third-order valence-electron chi connectivity index (χ3n) is 2.54. The molecule has 0 saturated heterocycles. The SMILES string of the molecule is CCSc1cc(Cl)ccc1C(=O)NCC(C)(O)C(=O)O. The maximum atomic E-state index is 12.0. The fourth-order valence-electron chi connectivity index (χ4n) is 1.38. The number of carboxylic acid groups (broad SMARTS) is 1. The summed E-state index contributed by atoms with van der Waals surface area (Å²) in [5, 5.41) is 21.3. The molecule has 0 aliphatic rings. The van der Waals surface area contributed by atoms with Gasteiger partial charge in [0.25, 0.3) is 5.91 Å². The van der Waals surface area contributed by atoms with Crippen LogP contribution in [-0.4, -0.2) is 40.0 Å². The Morgan fingerprint density at radius 1 is 1.45 bits per heavy atom. The quantitative estimate of drug-likeness (QED) is 0.699. The van der Waals surface area contributed by atoms with E-state index in [1.807, 2.05) is 6.92 Å². The molecule has 0 fully saturated rings. The van der Waals surface area contributed by atoms with E-state index in [2.05, 4.69) is 5.32 Å². The number of rotatable bonds is 6. The van der Waals surface area contributed by atoms with E-state index in [1.165, 1.54) is 11.8 Å². The molecule has 20 heavy (non-hydrogen) atoms. The van der Waals surface area contributed by atoms with E-state index in [1.54, 1.807) is 18.2 Å². The lowest BCUT2D eigenvalue weighted by atomic mass is 10.1. The molecule has 0 aliphatic carbocycles. The second-order valence-electron chi connectivity index (χ2n) is 4.34. The summed E-state index contributed by atoms with van der Waals surface area (Å²) in [6.45, 7) is 2.70. The zero-order valence-corrected chi connectivity index (χ0v) is 12.7. The van der Waals surface area contributed by atoms with Crippen molar-refractivity contribution in [2.75, 3.05) is 12.3 Å². The Bertz CT molecular complexity index is 519. The summed E-state index contributed by atoms with van der Waals surface area (Å²) in [7, 11) is 0. The van der Waals surface area contributed by atoms with Gasteiger partial charge in [-0.15, -0.1) is 11.8 Å². The lowest BCUT2D eigenvalue weighted by Gasteiger charge is -2.18. The van der Waals surface area contributed by atoms with Gasteiger partial charge in [-0.1, -0.05) is 18.5 Å². The van der Waals surface area contributed by atoms with Gasteiger partial charge >= 0.3 is 5.97 Å². The van der Waals surface area contributed by atoms with Crippen molar-refractivity contribution in [3.8, 4) is 0 Å². The highest BCUT2D eigenvalue weighted by Gasteiger charge is 2.30. The van der Waals surface area contributed by atoms with Crippen LogP contribution in [0.3, 0.4) is 0 Å². The number of carboxylic acids is 1. The number of thioether (sulfide) groups is 1. The van der Waals surface area contributed by atoms with Gasteiger partial charge in [-0.2, -0.15) is 0 Å². The molecule has 3 N–H and O–H groups in total. The first kappa shape index (κ1) is 16.8. The van der Waals surface area contributed by atoms with Crippen LogP contribution < -0.4 is 5.32 Å². The highest BCUT2D eigenvalue weighted by molar-refractivity contribution is 7.99. The summed E-state index contributed by atoms with van der Waals surface area (Å²) in [4.78, 5) is 23.5. The van der Waals surface area contributed by atoms with Crippen molar-refractivity contribution in [2.24, 2.45) is 0 Å². The molecule has 5 nitrogen and oxygen atoms in total. The summed E-state index contributed by atoms with van der Waals surface area (Å²) >= 11 is 7.35. The van der Waals surface area contributed by atoms with Crippen molar-refractivity contribution >= 4 is 35.2 Å². The lowest BCUT2D eigenvalue weighted by molar-refractivity contribution is -0.155. The maximum Gasteiger partial charge on any atom is 0.337 e. The summed E-state index contributed by atoms with van der Waals surface area (Å²) < 4.78 is 0. The fourth-order valence-corrected chi connectivity index (χ4v) is 2.46. The summed E-state index contributed by atoms with van der Waals surface area (Å²) in [5.74, 6) is -1.07. The van der Waals surface area contributed by atoms with Crippen molar-refractivity contribution in [2.45, 2.75) is 24.3 Å². The van der Waals surface area contributed by atoms with E-state index in [4.69, 9.17) is 16.7 Å². The average Bonchev–Trinajstić information content (AvgIpc) is 2.36. The smallest absolute Gasteiger partial charge is 0.337 e. The number of hydrogen-bond donors (Lipinski definition) is 3. The van der Waals surface area contributed by atoms with Crippen molar-refractivity contribution in [1.82, 2.24) is 5.32 Å². The Labute approximate surface area is 126 Å². The molecule has 7 heteroatoms. The largest absolute Gasteiger partial charge is 0.479 e. The normalized spacial score (nSPS) is 13.6. The molecule has 1 aromatic rings. The number of hydrogen-bond acceptors (Lipinski definition) is 4. The third-order valence-corrected chi connectivity index (χ3v) is 3.71. The number of halogens is 1. The second kappa shape index (κ2) is 6.97. The maximum absolute atomic E-state index is 12.0. The van der Waals surface area contributed by atoms with Crippen LogP contribution in [-0.2, 0) is 4.79 Å². The van der Waals surface area contributed by atoms with Crippen LogP contribution in [0.2, 0.25) is 5.02 Å². The van der Waals surface area contributed by atoms with Gasteiger partial charge in [-0.05, 0) is 30.9 Å². The molecular weight excluding hydrogens is 302 g/mol. The van der Waals surface area contributed by atoms with Crippen LogP contribution in [0, 0.1) is 0 Å². The molecule has 0 heterocycles. The van der Waals surface area contributed by atoms with E-state index in [-0.39, 0.29) is 6.54 Å². The molecule has 1 unspecified atom stereocenters. The zero-order chi connectivity index (χ0) is 15.3. The van der Waals surface area contributed by atoms with Crippen LogP contribution in [0.25, 0.3) is 0 Å². The molecular formula is C13H16ClNO4S. The molecule has 110 valence electrons. The van der Waals surface area contributed by atoms with Gasteiger partial charge in [0.15, 0.2) is 5.60 Å². The molecule has 0 radical (unpaired) electrons. The Morgan fingerprint density at radius 2 is 2.10 bits per heavy atom. The van der Waals surface area contributed by atoms with E-state index >= 15 is 0 Å². The minimum absolute atomic E-state index is 0.375. The number of aliphatic hydroxyl groups is 1. The van der Waals surface area contributed by atoms with E-state index < -0.39 is 17.5 Å². The first-order valence-electron chi connectivity index (χ1n) is 5.94. The molecule has 1 amide bonds. The van der Waals surface area contributed by atoms with Crippen LogP contribution in [0.1, 0.15) is 24.2 Å². The number of amides is 1. The average molecular weight is 318 g/mol. The van der Waals surface area contributed by atoms with Crippen molar-refractivity contribution < 1.29 is 19.8 Å². The Hall–Kier alpha value is -1.24. The van der Waals surface area contributed by atoms with Gasteiger partial charge < -0.3 is 15.5 Å². The van der Waals surface area contributed by atoms with Crippen molar-refractivity contribution in [1.29, 1.82) is 0 Å². The lowest BCUT2D eigenvalue weighted by Crippen LogP contribution is -2.46. The van der Waals surface area contributed by atoms with Crippen LogP contribution in [0.15, 0.2) is 23.1 Å². The highest BCUT2D eigenvalue weighted by Crippen LogP contribution is 2.26.